The summed E-state index contributed by atoms with van der Waals surface area (Å²) >= 11 is 1.29. The van der Waals surface area contributed by atoms with Crippen molar-refractivity contribution in [3.05, 3.63) is 28.6 Å². The summed E-state index contributed by atoms with van der Waals surface area (Å²) < 4.78 is 4.85. The summed E-state index contributed by atoms with van der Waals surface area (Å²) in [5.74, 6) is -1.10. The van der Waals surface area contributed by atoms with Crippen LogP contribution in [0.4, 0.5) is 5.13 Å². The van der Waals surface area contributed by atoms with Crippen molar-refractivity contribution in [2.75, 3.05) is 5.32 Å². The van der Waals surface area contributed by atoms with Crippen LogP contribution in [-0.2, 0) is 11.2 Å². The Morgan fingerprint density at radius 3 is 2.95 bits per heavy atom. The van der Waals surface area contributed by atoms with Crippen LogP contribution in [-0.4, -0.2) is 27.1 Å². The molecule has 0 aromatic carbocycles. The average Bonchev–Trinajstić information content (AvgIpc) is 2.98. The van der Waals surface area contributed by atoms with E-state index in [0.29, 0.717) is 23.7 Å². The molecule has 8 heteroatoms. The Balaban J connectivity index is 1.89. The van der Waals surface area contributed by atoms with Crippen molar-refractivity contribution in [2.24, 2.45) is 0 Å². The topological polar surface area (TPSA) is 105 Å². The van der Waals surface area contributed by atoms with Gasteiger partial charge in [0.15, 0.2) is 5.13 Å². The molecule has 106 valence electrons. The van der Waals surface area contributed by atoms with E-state index in [1.807, 2.05) is 0 Å². The molecule has 2 rings (SSSR count). The van der Waals surface area contributed by atoms with Crippen molar-refractivity contribution in [3.63, 3.8) is 0 Å². The molecule has 2 N–H and O–H groups in total. The molecule has 0 fully saturated rings. The molecule has 0 radical (unpaired) electrons. The molecule has 0 unspecified atom stereocenters. The number of hydrogen-bond donors (Lipinski definition) is 2. The van der Waals surface area contributed by atoms with Crippen molar-refractivity contribution in [1.82, 2.24) is 10.1 Å². The van der Waals surface area contributed by atoms with Crippen LogP contribution in [0.25, 0.3) is 0 Å². The summed E-state index contributed by atoms with van der Waals surface area (Å²) in [6, 6.07) is 1.54. The van der Waals surface area contributed by atoms with Gasteiger partial charge in [-0.25, -0.2) is 4.98 Å². The van der Waals surface area contributed by atoms with Crippen LogP contribution >= 0.6 is 11.3 Å². The van der Waals surface area contributed by atoms with E-state index in [-0.39, 0.29) is 12.2 Å². The van der Waals surface area contributed by atoms with Gasteiger partial charge in [-0.3, -0.25) is 14.9 Å². The summed E-state index contributed by atoms with van der Waals surface area (Å²) in [5, 5.41) is 17.0. The number of carbonyl (C=O) groups is 2. The Bertz CT molecular complexity index is 620. The lowest BCUT2D eigenvalue weighted by atomic mass is 10.2. The molecular formula is C12H13N3O4S. The van der Waals surface area contributed by atoms with E-state index < -0.39 is 11.9 Å². The van der Waals surface area contributed by atoms with Gasteiger partial charge >= 0.3 is 5.97 Å². The largest absolute Gasteiger partial charge is 0.481 e. The third kappa shape index (κ3) is 3.89. The van der Waals surface area contributed by atoms with Crippen LogP contribution in [0.1, 0.15) is 34.8 Å². The number of nitrogens with one attached hydrogen (secondary N) is 1. The zero-order valence-electron chi connectivity index (χ0n) is 10.8. The first-order valence-electron chi connectivity index (χ1n) is 5.95. The molecule has 1 amide bonds. The Morgan fingerprint density at radius 1 is 1.50 bits per heavy atom. The first-order valence-corrected chi connectivity index (χ1v) is 6.83. The zero-order valence-corrected chi connectivity index (χ0v) is 11.6. The highest BCUT2D eigenvalue weighted by atomic mass is 32.1. The number of aryl methyl sites for hydroxylation is 2. The fraction of sp³-hybridized carbons (Fsp3) is 0.333. The SMILES string of the molecule is Cc1cc(C(=O)Nc2nc(CCCC(=O)O)cs2)on1. The molecule has 2 heterocycles. The number of thiazole rings is 1. The summed E-state index contributed by atoms with van der Waals surface area (Å²) in [4.78, 5) is 26.4. The van der Waals surface area contributed by atoms with E-state index in [0.717, 1.165) is 5.69 Å². The Morgan fingerprint density at radius 2 is 2.30 bits per heavy atom. The predicted molar refractivity (Wildman–Crippen MR) is 71.9 cm³/mol. The van der Waals surface area contributed by atoms with Crippen LogP contribution in [0.5, 0.6) is 0 Å². The van der Waals surface area contributed by atoms with Gasteiger partial charge < -0.3 is 9.63 Å². The van der Waals surface area contributed by atoms with Gasteiger partial charge in [0, 0.05) is 17.9 Å². The Kier molecular flexibility index (Phi) is 4.46. The van der Waals surface area contributed by atoms with Crippen molar-refractivity contribution < 1.29 is 19.2 Å². The lowest BCUT2D eigenvalue weighted by Gasteiger charge is -1.96. The fourth-order valence-electron chi connectivity index (χ4n) is 1.53. The molecule has 2 aromatic rings. The second-order valence-electron chi connectivity index (χ2n) is 4.18. The normalized spacial score (nSPS) is 10.4. The Hall–Kier alpha value is -2.22. The summed E-state index contributed by atoms with van der Waals surface area (Å²) in [6.07, 6.45) is 1.20. The maximum Gasteiger partial charge on any atom is 0.303 e. The molecule has 0 atom stereocenters. The highest BCUT2D eigenvalue weighted by molar-refractivity contribution is 7.13. The second kappa shape index (κ2) is 6.29. The van der Waals surface area contributed by atoms with Crippen LogP contribution in [0.2, 0.25) is 0 Å². The maximum atomic E-state index is 11.8. The van der Waals surface area contributed by atoms with Gasteiger partial charge in [0.05, 0.1) is 11.4 Å². The quantitative estimate of drug-likeness (QED) is 0.845. The van der Waals surface area contributed by atoms with Crippen LogP contribution in [0, 0.1) is 6.92 Å². The maximum absolute atomic E-state index is 11.8. The number of nitrogens with zero attached hydrogens (tertiary/aromatic N) is 2. The molecule has 20 heavy (non-hydrogen) atoms. The van der Waals surface area contributed by atoms with Crippen molar-refractivity contribution in [3.8, 4) is 0 Å². The lowest BCUT2D eigenvalue weighted by molar-refractivity contribution is -0.137. The fourth-order valence-corrected chi connectivity index (χ4v) is 2.27. The number of carboxylic acids is 1. The van der Waals surface area contributed by atoms with Gasteiger partial charge in [0.1, 0.15) is 0 Å². The number of carbonyl (C=O) groups excluding carboxylic acids is 1. The van der Waals surface area contributed by atoms with E-state index in [2.05, 4.69) is 15.5 Å². The van der Waals surface area contributed by atoms with E-state index in [1.54, 1.807) is 12.3 Å². The van der Waals surface area contributed by atoms with Crippen LogP contribution in [0.15, 0.2) is 16.0 Å². The smallest absolute Gasteiger partial charge is 0.303 e. The average molecular weight is 295 g/mol. The lowest BCUT2D eigenvalue weighted by Crippen LogP contribution is -2.10. The van der Waals surface area contributed by atoms with Crippen LogP contribution in [0.3, 0.4) is 0 Å². The second-order valence-corrected chi connectivity index (χ2v) is 5.04. The Labute approximate surface area is 118 Å². The van der Waals surface area contributed by atoms with Crippen molar-refractivity contribution >= 4 is 28.3 Å². The monoisotopic (exact) mass is 295 g/mol. The first-order chi connectivity index (χ1) is 9.54. The minimum Gasteiger partial charge on any atom is -0.481 e. The molecular weight excluding hydrogens is 282 g/mol. The molecule has 0 saturated heterocycles. The number of rotatable bonds is 6. The third-order valence-electron chi connectivity index (χ3n) is 2.45. The molecule has 0 bridgehead atoms. The molecule has 0 spiro atoms. The van der Waals surface area contributed by atoms with Gasteiger partial charge in [0.25, 0.3) is 5.91 Å². The molecule has 0 saturated carbocycles. The van der Waals surface area contributed by atoms with Crippen molar-refractivity contribution in [2.45, 2.75) is 26.2 Å². The standard InChI is InChI=1S/C12H13N3O4S/c1-7-5-9(19-15-7)11(18)14-12-13-8(6-20-12)3-2-4-10(16)17/h5-6H,2-4H2,1H3,(H,16,17)(H,13,14,18). The van der Waals surface area contributed by atoms with Crippen LogP contribution < -0.4 is 5.32 Å². The molecule has 0 aliphatic heterocycles. The summed E-state index contributed by atoms with van der Waals surface area (Å²) in [5.41, 5.74) is 1.39. The van der Waals surface area contributed by atoms with E-state index in [4.69, 9.17) is 9.63 Å². The highest BCUT2D eigenvalue weighted by Gasteiger charge is 2.13. The van der Waals surface area contributed by atoms with Gasteiger partial charge in [-0.2, -0.15) is 0 Å². The molecule has 7 nitrogen and oxygen atoms in total. The van der Waals surface area contributed by atoms with E-state index in [9.17, 15) is 9.59 Å². The molecule has 0 aliphatic carbocycles. The van der Waals surface area contributed by atoms with E-state index >= 15 is 0 Å². The number of hydrogen-bond acceptors (Lipinski definition) is 6. The van der Waals surface area contributed by atoms with Gasteiger partial charge in [-0.1, -0.05) is 5.16 Å². The van der Waals surface area contributed by atoms with Gasteiger partial charge in [0.2, 0.25) is 5.76 Å². The summed E-state index contributed by atoms with van der Waals surface area (Å²) in [7, 11) is 0. The summed E-state index contributed by atoms with van der Waals surface area (Å²) in [6.45, 7) is 1.73. The number of carboxylic acid groups (broad SMARTS) is 1. The van der Waals surface area contributed by atoms with Gasteiger partial charge in [-0.05, 0) is 19.8 Å². The minimum atomic E-state index is -0.825. The predicted octanol–water partition coefficient (Wildman–Crippen LogP) is 2.10. The van der Waals surface area contributed by atoms with Gasteiger partial charge in [-0.15, -0.1) is 11.3 Å². The van der Waals surface area contributed by atoms with Crippen molar-refractivity contribution in [1.29, 1.82) is 0 Å². The highest BCUT2D eigenvalue weighted by Crippen LogP contribution is 2.18. The minimum absolute atomic E-state index is 0.108. The molecule has 0 aliphatic rings. The third-order valence-corrected chi connectivity index (χ3v) is 3.25. The number of aromatic nitrogens is 2. The molecule has 2 aromatic heterocycles. The first kappa shape index (κ1) is 14.2. The zero-order chi connectivity index (χ0) is 14.5. The van der Waals surface area contributed by atoms with E-state index in [1.165, 1.54) is 17.4 Å². The number of aliphatic carboxylic acids is 1. The number of anilines is 1. The number of amides is 1.